The van der Waals surface area contributed by atoms with E-state index in [2.05, 4.69) is 15.2 Å². The molecule has 0 saturated carbocycles. The van der Waals surface area contributed by atoms with Crippen molar-refractivity contribution in [2.45, 2.75) is 12.5 Å². The molecular weight excluding hydrogens is 276 g/mol. The van der Waals surface area contributed by atoms with Gasteiger partial charge >= 0.3 is 0 Å². The van der Waals surface area contributed by atoms with Gasteiger partial charge in [-0.3, -0.25) is 9.69 Å². The van der Waals surface area contributed by atoms with E-state index in [1.807, 2.05) is 4.90 Å². The fourth-order valence-corrected chi connectivity index (χ4v) is 3.05. The van der Waals surface area contributed by atoms with Gasteiger partial charge in [0.2, 0.25) is 0 Å². The number of nitrogens with zero attached hydrogens (tertiary/aromatic N) is 3. The van der Waals surface area contributed by atoms with E-state index >= 15 is 0 Å². The molecule has 1 aromatic heterocycles. The zero-order chi connectivity index (χ0) is 13.9. The Morgan fingerprint density at radius 3 is 2.80 bits per heavy atom. The number of hydrogen-bond acceptors (Lipinski definition) is 4. The molecule has 1 amide bonds. The summed E-state index contributed by atoms with van der Waals surface area (Å²) in [5, 5.41) is 3.92. The van der Waals surface area contributed by atoms with E-state index in [1.54, 1.807) is 12.1 Å². The topological polar surface area (TPSA) is 48.5 Å². The lowest BCUT2D eigenvalue weighted by Gasteiger charge is -2.32. The smallest absolute Gasteiger partial charge is 0.272 e. The van der Waals surface area contributed by atoms with Gasteiger partial charge in [0, 0.05) is 51.5 Å². The molecule has 5 nitrogen and oxygen atoms in total. The van der Waals surface area contributed by atoms with E-state index in [0.717, 1.165) is 45.7 Å². The van der Waals surface area contributed by atoms with Crippen LogP contribution in [0.25, 0.3) is 0 Å². The number of hydrogen-bond donors (Lipinski definition) is 1. The summed E-state index contributed by atoms with van der Waals surface area (Å²) in [5.41, 5.74) is 0.482. The Labute approximate surface area is 123 Å². The van der Waals surface area contributed by atoms with Crippen molar-refractivity contribution < 1.29 is 4.79 Å². The zero-order valence-corrected chi connectivity index (χ0v) is 12.1. The second-order valence-corrected chi connectivity index (χ2v) is 5.78. The van der Waals surface area contributed by atoms with E-state index in [1.165, 1.54) is 6.20 Å². The zero-order valence-electron chi connectivity index (χ0n) is 11.4. The summed E-state index contributed by atoms with van der Waals surface area (Å²) in [6.45, 7) is 5.87. The number of halogens is 1. The molecule has 0 spiro atoms. The van der Waals surface area contributed by atoms with Crippen LogP contribution in [0.1, 0.15) is 16.9 Å². The largest absolute Gasteiger partial charge is 0.336 e. The first-order valence-corrected chi connectivity index (χ1v) is 7.47. The first-order valence-electron chi connectivity index (χ1n) is 7.09. The third-order valence-corrected chi connectivity index (χ3v) is 4.29. The molecule has 108 valence electrons. The molecule has 0 aliphatic carbocycles. The van der Waals surface area contributed by atoms with Crippen molar-refractivity contribution in [3.8, 4) is 0 Å². The number of piperazine rings is 1. The number of carbonyl (C=O) groups is 1. The quantitative estimate of drug-likeness (QED) is 0.879. The highest BCUT2D eigenvalue weighted by atomic mass is 35.5. The molecule has 1 aromatic rings. The van der Waals surface area contributed by atoms with Crippen molar-refractivity contribution in [1.29, 1.82) is 0 Å². The summed E-state index contributed by atoms with van der Waals surface area (Å²) < 4.78 is 0. The molecule has 2 fully saturated rings. The van der Waals surface area contributed by atoms with Crippen molar-refractivity contribution in [3.63, 3.8) is 0 Å². The highest BCUT2D eigenvalue weighted by molar-refractivity contribution is 6.30. The number of rotatable bonds is 2. The van der Waals surface area contributed by atoms with Crippen molar-refractivity contribution in [2.75, 3.05) is 39.3 Å². The van der Waals surface area contributed by atoms with E-state index < -0.39 is 0 Å². The van der Waals surface area contributed by atoms with Gasteiger partial charge in [0.1, 0.15) is 5.69 Å². The Hall–Kier alpha value is -1.17. The second-order valence-electron chi connectivity index (χ2n) is 5.34. The maximum atomic E-state index is 12.4. The van der Waals surface area contributed by atoms with Gasteiger partial charge in [0.15, 0.2) is 0 Å². The molecular formula is C14H19ClN4O. The van der Waals surface area contributed by atoms with Crippen LogP contribution in [0, 0.1) is 0 Å². The van der Waals surface area contributed by atoms with E-state index in [4.69, 9.17) is 11.6 Å². The molecule has 0 aromatic carbocycles. The van der Waals surface area contributed by atoms with Crippen molar-refractivity contribution in [1.82, 2.24) is 20.1 Å². The Bertz CT molecular complexity index is 473. The lowest BCUT2D eigenvalue weighted by molar-refractivity contribution is 0.0768. The Balaban J connectivity index is 1.61. The van der Waals surface area contributed by atoms with Crippen LogP contribution in [0.4, 0.5) is 0 Å². The molecule has 3 heterocycles. The van der Waals surface area contributed by atoms with Gasteiger partial charge in [-0.15, -0.1) is 0 Å². The molecule has 6 heteroatoms. The van der Waals surface area contributed by atoms with Gasteiger partial charge in [-0.2, -0.15) is 0 Å². The number of amides is 1. The summed E-state index contributed by atoms with van der Waals surface area (Å²) in [4.78, 5) is 20.9. The highest BCUT2D eigenvalue weighted by Gasteiger charge is 2.31. The summed E-state index contributed by atoms with van der Waals surface area (Å²) >= 11 is 5.80. The third kappa shape index (κ3) is 2.95. The fourth-order valence-electron chi connectivity index (χ4n) is 2.94. The van der Waals surface area contributed by atoms with Crippen molar-refractivity contribution in [2.24, 2.45) is 0 Å². The molecule has 2 aliphatic heterocycles. The maximum absolute atomic E-state index is 12.4. The number of likely N-dealkylation sites (tertiary alicyclic amines) is 1. The van der Waals surface area contributed by atoms with Gasteiger partial charge in [-0.1, -0.05) is 11.6 Å². The predicted octanol–water partition coefficient (Wildman–Crippen LogP) is 0.855. The van der Waals surface area contributed by atoms with Crippen LogP contribution in [0.5, 0.6) is 0 Å². The molecule has 2 aliphatic rings. The lowest BCUT2D eigenvalue weighted by Crippen LogP contribution is -2.49. The molecule has 1 N–H and O–H groups in total. The van der Waals surface area contributed by atoms with Crippen LogP contribution in [0.3, 0.4) is 0 Å². The summed E-state index contributed by atoms with van der Waals surface area (Å²) in [5.74, 6) is 0.0132. The van der Waals surface area contributed by atoms with Gasteiger partial charge in [-0.05, 0) is 18.6 Å². The molecule has 1 unspecified atom stereocenters. The average Bonchev–Trinajstić information content (AvgIpc) is 2.98. The maximum Gasteiger partial charge on any atom is 0.272 e. The SMILES string of the molecule is O=C(c1ccc(Cl)cn1)N1CCC(N2CCNCC2)C1. The van der Waals surface area contributed by atoms with Crippen molar-refractivity contribution in [3.05, 3.63) is 29.0 Å². The average molecular weight is 295 g/mol. The molecule has 20 heavy (non-hydrogen) atoms. The fraction of sp³-hybridized carbons (Fsp3) is 0.571. The van der Waals surface area contributed by atoms with Crippen LogP contribution in [0.15, 0.2) is 18.3 Å². The standard InChI is InChI=1S/C14H19ClN4O/c15-11-1-2-13(17-9-11)14(20)19-6-3-12(10-19)18-7-4-16-5-8-18/h1-2,9,12,16H,3-8,10H2. The van der Waals surface area contributed by atoms with Crippen LogP contribution >= 0.6 is 11.6 Å². The van der Waals surface area contributed by atoms with Gasteiger partial charge in [0.05, 0.1) is 5.02 Å². The van der Waals surface area contributed by atoms with Gasteiger partial charge in [0.25, 0.3) is 5.91 Å². The first-order chi connectivity index (χ1) is 9.74. The minimum atomic E-state index is 0.0132. The normalized spacial score (nSPS) is 24.1. The summed E-state index contributed by atoms with van der Waals surface area (Å²) in [7, 11) is 0. The molecule has 0 bridgehead atoms. The number of pyridine rings is 1. The number of nitrogens with one attached hydrogen (secondary N) is 1. The van der Waals surface area contributed by atoms with E-state index in [9.17, 15) is 4.79 Å². The number of aromatic nitrogens is 1. The minimum Gasteiger partial charge on any atom is -0.336 e. The third-order valence-electron chi connectivity index (χ3n) is 4.07. The predicted molar refractivity (Wildman–Crippen MR) is 78.0 cm³/mol. The van der Waals surface area contributed by atoms with E-state index in [-0.39, 0.29) is 5.91 Å². The van der Waals surface area contributed by atoms with Gasteiger partial charge < -0.3 is 10.2 Å². The molecule has 3 rings (SSSR count). The Morgan fingerprint density at radius 1 is 1.30 bits per heavy atom. The van der Waals surface area contributed by atoms with Crippen LogP contribution in [0.2, 0.25) is 5.02 Å². The van der Waals surface area contributed by atoms with Crippen LogP contribution < -0.4 is 5.32 Å². The highest BCUT2D eigenvalue weighted by Crippen LogP contribution is 2.18. The van der Waals surface area contributed by atoms with Crippen molar-refractivity contribution >= 4 is 17.5 Å². The van der Waals surface area contributed by atoms with E-state index in [0.29, 0.717) is 16.8 Å². The minimum absolute atomic E-state index is 0.0132. The molecule has 1 atom stereocenters. The summed E-state index contributed by atoms with van der Waals surface area (Å²) in [6.07, 6.45) is 2.58. The summed E-state index contributed by atoms with van der Waals surface area (Å²) in [6, 6.07) is 3.91. The van der Waals surface area contributed by atoms with Crippen LogP contribution in [-0.4, -0.2) is 66.0 Å². The second kappa shape index (κ2) is 6.08. The molecule has 2 saturated heterocycles. The number of carbonyl (C=O) groups excluding carboxylic acids is 1. The Kier molecular flexibility index (Phi) is 4.19. The Morgan fingerprint density at radius 2 is 2.10 bits per heavy atom. The lowest BCUT2D eigenvalue weighted by atomic mass is 10.2. The molecule has 0 radical (unpaired) electrons. The monoisotopic (exact) mass is 294 g/mol. The first kappa shape index (κ1) is 13.8. The van der Waals surface area contributed by atoms with Crippen LogP contribution in [-0.2, 0) is 0 Å². The van der Waals surface area contributed by atoms with Gasteiger partial charge in [-0.25, -0.2) is 4.98 Å².